The molecule has 4 rings (SSSR count). The number of benzene rings is 1. The van der Waals surface area contributed by atoms with Crippen molar-refractivity contribution in [3.63, 3.8) is 0 Å². The molecule has 2 N–H and O–H groups in total. The van der Waals surface area contributed by atoms with E-state index in [9.17, 15) is 4.79 Å². The molecule has 1 aliphatic rings. The minimum atomic E-state index is -0.0642. The van der Waals surface area contributed by atoms with E-state index in [0.717, 1.165) is 46.9 Å². The molecule has 0 atom stereocenters. The van der Waals surface area contributed by atoms with Crippen LogP contribution in [0.15, 0.2) is 53.3 Å². The highest BCUT2D eigenvalue weighted by Gasteiger charge is 2.22. The van der Waals surface area contributed by atoms with Gasteiger partial charge in [0.1, 0.15) is 5.82 Å². The molecule has 1 aromatic carbocycles. The number of fused-ring (bicyclic) bond motifs is 1. The summed E-state index contributed by atoms with van der Waals surface area (Å²) in [4.78, 5) is 23.4. The number of carbonyl (C=O) groups excluding carboxylic acids is 1. The Morgan fingerprint density at radius 3 is 2.65 bits per heavy atom. The second-order valence-electron chi connectivity index (χ2n) is 8.40. The van der Waals surface area contributed by atoms with Gasteiger partial charge in [-0.05, 0) is 59.7 Å². The molecule has 1 amide bonds. The van der Waals surface area contributed by atoms with E-state index in [1.807, 2.05) is 6.07 Å². The van der Waals surface area contributed by atoms with Gasteiger partial charge in [0.25, 0.3) is 5.91 Å². The summed E-state index contributed by atoms with van der Waals surface area (Å²) in [7, 11) is 4.13. The number of pyridine rings is 2. The van der Waals surface area contributed by atoms with Crippen LogP contribution in [-0.4, -0.2) is 42.6 Å². The smallest absolute Gasteiger partial charge is 0.252 e. The van der Waals surface area contributed by atoms with Crippen molar-refractivity contribution in [2.75, 3.05) is 30.9 Å². The Bertz CT molecular complexity index is 1060. The minimum absolute atomic E-state index is 0.0642. The number of hydrogen-bond acceptors (Lipinski definition) is 5. The standard InChI is InChI=1S/C24H28BrN5O/c1-30(2)22-12-23(29-21-6-4-3-5-20(21)22)28-19-9-7-16(8-10-19)13-27-24(31)17-11-18(25)15-26-14-17/h3-6,11-12,14-16,19H,7-10,13H2,1-2H3,(H,27,31)(H,28,29). The predicted octanol–water partition coefficient (Wildman–Crippen LogP) is 4.86. The fourth-order valence-corrected chi connectivity index (χ4v) is 4.56. The van der Waals surface area contributed by atoms with Crippen LogP contribution in [0.5, 0.6) is 0 Å². The molecule has 0 spiro atoms. The predicted molar refractivity (Wildman–Crippen MR) is 130 cm³/mol. The molecule has 1 saturated carbocycles. The van der Waals surface area contributed by atoms with Crippen molar-refractivity contribution in [3.8, 4) is 0 Å². The van der Waals surface area contributed by atoms with Gasteiger partial charge in [-0.25, -0.2) is 4.98 Å². The Labute approximate surface area is 191 Å². The van der Waals surface area contributed by atoms with Gasteiger partial charge < -0.3 is 15.5 Å². The maximum Gasteiger partial charge on any atom is 0.252 e. The third-order valence-corrected chi connectivity index (χ3v) is 6.33. The van der Waals surface area contributed by atoms with Crippen molar-refractivity contribution < 1.29 is 4.79 Å². The molecule has 2 heterocycles. The molecule has 1 aliphatic carbocycles. The lowest BCUT2D eigenvalue weighted by molar-refractivity contribution is 0.0943. The summed E-state index contributed by atoms with van der Waals surface area (Å²) < 4.78 is 0.812. The fourth-order valence-electron chi connectivity index (χ4n) is 4.20. The van der Waals surface area contributed by atoms with Crippen molar-refractivity contribution in [2.24, 2.45) is 5.92 Å². The Kier molecular flexibility index (Phi) is 6.70. The number of rotatable bonds is 6. The number of carbonyl (C=O) groups is 1. The lowest BCUT2D eigenvalue weighted by Crippen LogP contribution is -2.34. The van der Waals surface area contributed by atoms with Gasteiger partial charge in [-0.3, -0.25) is 9.78 Å². The summed E-state index contributed by atoms with van der Waals surface area (Å²) in [6.07, 6.45) is 7.59. The summed E-state index contributed by atoms with van der Waals surface area (Å²) >= 11 is 3.36. The minimum Gasteiger partial charge on any atom is -0.377 e. The Hall–Kier alpha value is -2.67. The van der Waals surface area contributed by atoms with Gasteiger partial charge in [0, 0.05) is 60.7 Å². The lowest BCUT2D eigenvalue weighted by Gasteiger charge is -2.30. The van der Waals surface area contributed by atoms with Crippen molar-refractivity contribution in [1.82, 2.24) is 15.3 Å². The van der Waals surface area contributed by atoms with Crippen molar-refractivity contribution >= 4 is 44.2 Å². The number of halogens is 1. The Morgan fingerprint density at radius 1 is 1.13 bits per heavy atom. The van der Waals surface area contributed by atoms with E-state index in [-0.39, 0.29) is 5.91 Å². The summed E-state index contributed by atoms with van der Waals surface area (Å²) in [6.45, 7) is 0.705. The van der Waals surface area contributed by atoms with Crippen LogP contribution in [0.25, 0.3) is 10.9 Å². The Morgan fingerprint density at radius 2 is 1.90 bits per heavy atom. The first kappa shape index (κ1) is 21.6. The molecule has 0 aliphatic heterocycles. The van der Waals surface area contributed by atoms with Gasteiger partial charge in [0.05, 0.1) is 11.1 Å². The van der Waals surface area contributed by atoms with Crippen LogP contribution >= 0.6 is 15.9 Å². The van der Waals surface area contributed by atoms with E-state index >= 15 is 0 Å². The molecule has 0 radical (unpaired) electrons. The highest BCUT2D eigenvalue weighted by Crippen LogP contribution is 2.30. The molecule has 7 heteroatoms. The van der Waals surface area contributed by atoms with Crippen molar-refractivity contribution in [3.05, 3.63) is 58.8 Å². The maximum atomic E-state index is 12.3. The van der Waals surface area contributed by atoms with Crippen molar-refractivity contribution in [1.29, 1.82) is 0 Å². The summed E-state index contributed by atoms with van der Waals surface area (Å²) in [6, 6.07) is 12.6. The quantitative estimate of drug-likeness (QED) is 0.525. The van der Waals surface area contributed by atoms with Crippen LogP contribution < -0.4 is 15.5 Å². The van der Waals surface area contributed by atoms with E-state index in [1.54, 1.807) is 18.5 Å². The number of amides is 1. The summed E-state index contributed by atoms with van der Waals surface area (Å²) in [5.74, 6) is 1.37. The fraction of sp³-hybridized carbons (Fsp3) is 0.375. The van der Waals surface area contributed by atoms with E-state index in [0.29, 0.717) is 24.1 Å². The molecule has 0 unspecified atom stereocenters. The van der Waals surface area contributed by atoms with Gasteiger partial charge >= 0.3 is 0 Å². The van der Waals surface area contributed by atoms with Gasteiger partial charge in [0.15, 0.2) is 0 Å². The first-order valence-corrected chi connectivity index (χ1v) is 11.5. The van der Waals surface area contributed by atoms with E-state index in [4.69, 9.17) is 4.98 Å². The lowest BCUT2D eigenvalue weighted by atomic mass is 9.86. The molecule has 162 valence electrons. The average molecular weight is 482 g/mol. The van der Waals surface area contributed by atoms with Crippen LogP contribution in [0.3, 0.4) is 0 Å². The second-order valence-corrected chi connectivity index (χ2v) is 9.32. The zero-order valence-corrected chi connectivity index (χ0v) is 19.5. The average Bonchev–Trinajstić information content (AvgIpc) is 2.77. The van der Waals surface area contributed by atoms with E-state index < -0.39 is 0 Å². The molecule has 3 aromatic rings. The Balaban J connectivity index is 1.32. The van der Waals surface area contributed by atoms with Crippen LogP contribution in [0.2, 0.25) is 0 Å². The molecule has 6 nitrogen and oxygen atoms in total. The highest BCUT2D eigenvalue weighted by molar-refractivity contribution is 9.10. The first-order chi connectivity index (χ1) is 15.0. The third kappa shape index (κ3) is 5.34. The van der Waals surface area contributed by atoms with Gasteiger partial charge in [0.2, 0.25) is 0 Å². The zero-order valence-electron chi connectivity index (χ0n) is 17.9. The normalized spacial score (nSPS) is 18.5. The molecular formula is C24H28BrN5O. The molecule has 1 fully saturated rings. The molecular weight excluding hydrogens is 454 g/mol. The van der Waals surface area contributed by atoms with Crippen LogP contribution in [-0.2, 0) is 0 Å². The van der Waals surface area contributed by atoms with Gasteiger partial charge in [-0.1, -0.05) is 18.2 Å². The largest absolute Gasteiger partial charge is 0.377 e. The SMILES string of the molecule is CN(C)c1cc(NC2CCC(CNC(=O)c3cncc(Br)c3)CC2)nc2ccccc12. The van der Waals surface area contributed by atoms with Crippen molar-refractivity contribution in [2.45, 2.75) is 31.7 Å². The highest BCUT2D eigenvalue weighted by atomic mass is 79.9. The first-order valence-electron chi connectivity index (χ1n) is 10.7. The number of hydrogen-bond donors (Lipinski definition) is 2. The van der Waals surface area contributed by atoms with E-state index in [2.05, 4.69) is 74.8 Å². The molecule has 0 bridgehead atoms. The topological polar surface area (TPSA) is 70.2 Å². The number of anilines is 2. The van der Waals surface area contributed by atoms with Crippen LogP contribution in [0.4, 0.5) is 11.5 Å². The maximum absolute atomic E-state index is 12.3. The van der Waals surface area contributed by atoms with Gasteiger partial charge in [-0.2, -0.15) is 0 Å². The van der Waals surface area contributed by atoms with Crippen LogP contribution in [0.1, 0.15) is 36.0 Å². The van der Waals surface area contributed by atoms with Gasteiger partial charge in [-0.15, -0.1) is 0 Å². The number of para-hydroxylation sites is 1. The third-order valence-electron chi connectivity index (χ3n) is 5.89. The number of nitrogens with zero attached hydrogens (tertiary/aromatic N) is 3. The second kappa shape index (κ2) is 9.64. The number of aromatic nitrogens is 2. The van der Waals surface area contributed by atoms with E-state index in [1.165, 1.54) is 5.69 Å². The summed E-state index contributed by atoms with van der Waals surface area (Å²) in [5.41, 5.74) is 2.77. The monoisotopic (exact) mass is 481 g/mol. The van der Waals surface area contributed by atoms with Crippen LogP contribution in [0, 0.1) is 5.92 Å². The molecule has 0 saturated heterocycles. The number of nitrogens with one attached hydrogen (secondary N) is 2. The summed E-state index contributed by atoms with van der Waals surface area (Å²) in [5, 5.41) is 7.87. The molecule has 31 heavy (non-hydrogen) atoms. The zero-order chi connectivity index (χ0) is 21.8. The molecule has 2 aromatic heterocycles.